The monoisotopic (exact) mass is 157 g/mol. The first kappa shape index (κ1) is 9.71. The minimum absolute atomic E-state index is 0.347. The molecule has 0 rings (SSSR count). The van der Waals surface area contributed by atoms with Gasteiger partial charge in [0.2, 0.25) is 0 Å². The van der Waals surface area contributed by atoms with E-state index in [9.17, 15) is 13.2 Å². The molecule has 62 valence electrons. The number of ether oxygens (including phenoxy) is 1. The molecule has 0 amide bonds. The van der Waals surface area contributed by atoms with Gasteiger partial charge >= 0.3 is 6.18 Å². The van der Waals surface area contributed by atoms with E-state index in [4.69, 9.17) is 0 Å². The molecule has 0 aromatic heterocycles. The van der Waals surface area contributed by atoms with Crippen LogP contribution in [0.4, 0.5) is 13.2 Å². The lowest BCUT2D eigenvalue weighted by atomic mass is 10.3. The van der Waals surface area contributed by atoms with Gasteiger partial charge in [0, 0.05) is 7.11 Å². The largest absolute Gasteiger partial charge is 0.406 e. The van der Waals surface area contributed by atoms with E-state index in [1.165, 1.54) is 14.2 Å². The summed E-state index contributed by atoms with van der Waals surface area (Å²) in [7, 11) is 2.48. The summed E-state index contributed by atoms with van der Waals surface area (Å²) in [6.45, 7) is -0.347. The minimum Gasteiger partial charge on any atom is -0.383 e. The highest BCUT2D eigenvalue weighted by Crippen LogP contribution is 2.19. The molecule has 2 nitrogen and oxygen atoms in total. The molecule has 0 aliphatic rings. The van der Waals surface area contributed by atoms with Gasteiger partial charge in [-0.05, 0) is 7.05 Å². The summed E-state index contributed by atoms with van der Waals surface area (Å²) >= 11 is 0. The minimum atomic E-state index is -4.22. The third-order valence-corrected chi connectivity index (χ3v) is 1.08. The van der Waals surface area contributed by atoms with E-state index >= 15 is 0 Å². The molecule has 0 heterocycles. The molecular weight excluding hydrogens is 147 g/mol. The van der Waals surface area contributed by atoms with E-state index in [0.717, 1.165) is 0 Å². The number of hydrogen-bond donors (Lipinski definition) is 1. The summed E-state index contributed by atoms with van der Waals surface area (Å²) in [5.74, 6) is 0. The fourth-order valence-electron chi connectivity index (χ4n) is 0.508. The molecule has 0 saturated heterocycles. The van der Waals surface area contributed by atoms with Crippen molar-refractivity contribution in [1.82, 2.24) is 5.32 Å². The van der Waals surface area contributed by atoms with Gasteiger partial charge in [-0.2, -0.15) is 13.2 Å². The Bertz CT molecular complexity index is 93.4. The van der Waals surface area contributed by atoms with Crippen molar-refractivity contribution in [3.8, 4) is 0 Å². The Labute approximate surface area is 57.4 Å². The third kappa shape index (κ3) is 3.03. The van der Waals surface area contributed by atoms with Crippen LogP contribution in [0.1, 0.15) is 0 Å². The molecule has 1 unspecified atom stereocenters. The Kier molecular flexibility index (Phi) is 3.67. The number of methoxy groups -OCH3 is 1. The molecule has 0 spiro atoms. The zero-order chi connectivity index (χ0) is 8.20. The van der Waals surface area contributed by atoms with Crippen LogP contribution in [-0.2, 0) is 4.74 Å². The van der Waals surface area contributed by atoms with Crippen molar-refractivity contribution in [2.75, 3.05) is 20.8 Å². The maximum Gasteiger partial charge on any atom is 0.406 e. The fraction of sp³-hybridized carbons (Fsp3) is 1.00. The Morgan fingerprint density at radius 3 is 2.10 bits per heavy atom. The van der Waals surface area contributed by atoms with Crippen LogP contribution in [0.25, 0.3) is 0 Å². The summed E-state index contributed by atoms with van der Waals surface area (Å²) in [6, 6.07) is -1.56. The SMILES string of the molecule is CNC(COC)C(F)(F)F. The van der Waals surface area contributed by atoms with Crippen LogP contribution in [-0.4, -0.2) is 33.0 Å². The number of likely N-dealkylation sites (N-methyl/N-ethyl adjacent to an activating group) is 1. The second-order valence-corrected chi connectivity index (χ2v) is 1.84. The van der Waals surface area contributed by atoms with E-state index in [1.807, 2.05) is 0 Å². The van der Waals surface area contributed by atoms with Gasteiger partial charge < -0.3 is 10.1 Å². The first-order valence-electron chi connectivity index (χ1n) is 2.75. The Hall–Kier alpha value is -0.290. The highest BCUT2D eigenvalue weighted by molar-refractivity contribution is 4.71. The summed E-state index contributed by atoms with van der Waals surface area (Å²) in [6.07, 6.45) is -4.22. The zero-order valence-electron chi connectivity index (χ0n) is 5.83. The molecule has 0 aliphatic heterocycles. The van der Waals surface area contributed by atoms with Crippen LogP contribution >= 0.6 is 0 Å². The van der Waals surface area contributed by atoms with E-state index in [2.05, 4.69) is 10.1 Å². The van der Waals surface area contributed by atoms with Gasteiger partial charge in [0.15, 0.2) is 0 Å². The molecule has 0 radical (unpaired) electrons. The number of hydrogen-bond acceptors (Lipinski definition) is 2. The Balaban J connectivity index is 3.81. The molecule has 1 N–H and O–H groups in total. The fourth-order valence-corrected chi connectivity index (χ4v) is 0.508. The average Bonchev–Trinajstić information content (AvgIpc) is 1.80. The van der Waals surface area contributed by atoms with Crippen molar-refractivity contribution in [3.05, 3.63) is 0 Å². The molecule has 0 aliphatic carbocycles. The topological polar surface area (TPSA) is 21.3 Å². The first-order valence-corrected chi connectivity index (χ1v) is 2.75. The average molecular weight is 157 g/mol. The third-order valence-electron chi connectivity index (χ3n) is 1.08. The molecule has 5 heteroatoms. The highest BCUT2D eigenvalue weighted by atomic mass is 19.4. The summed E-state index contributed by atoms with van der Waals surface area (Å²) in [5, 5.41) is 2.09. The van der Waals surface area contributed by atoms with Gasteiger partial charge in [-0.25, -0.2) is 0 Å². The van der Waals surface area contributed by atoms with E-state index < -0.39 is 12.2 Å². The first-order chi connectivity index (χ1) is 4.52. The van der Waals surface area contributed by atoms with Gasteiger partial charge in [-0.3, -0.25) is 0 Å². The predicted octanol–water partition coefficient (Wildman–Crippen LogP) is 0.783. The van der Waals surface area contributed by atoms with Crippen LogP contribution in [0, 0.1) is 0 Å². The molecule has 0 aromatic carbocycles. The van der Waals surface area contributed by atoms with Crippen LogP contribution in [0.5, 0.6) is 0 Å². The number of alkyl halides is 3. The van der Waals surface area contributed by atoms with Gasteiger partial charge in [-0.15, -0.1) is 0 Å². The maximum absolute atomic E-state index is 11.8. The van der Waals surface area contributed by atoms with E-state index in [1.54, 1.807) is 0 Å². The number of nitrogens with one attached hydrogen (secondary N) is 1. The van der Waals surface area contributed by atoms with Crippen molar-refractivity contribution in [2.45, 2.75) is 12.2 Å². The quantitative estimate of drug-likeness (QED) is 0.653. The van der Waals surface area contributed by atoms with Gasteiger partial charge in [0.1, 0.15) is 6.04 Å². The number of rotatable bonds is 3. The van der Waals surface area contributed by atoms with Crippen LogP contribution < -0.4 is 5.32 Å². The van der Waals surface area contributed by atoms with Gasteiger partial charge in [-0.1, -0.05) is 0 Å². The van der Waals surface area contributed by atoms with E-state index in [-0.39, 0.29) is 6.61 Å². The smallest absolute Gasteiger partial charge is 0.383 e. The normalized spacial score (nSPS) is 15.3. The highest BCUT2D eigenvalue weighted by Gasteiger charge is 2.38. The summed E-state index contributed by atoms with van der Waals surface area (Å²) in [4.78, 5) is 0. The molecular formula is C5H10F3NO. The molecule has 10 heavy (non-hydrogen) atoms. The molecule has 0 bridgehead atoms. The molecule has 0 fully saturated rings. The second kappa shape index (κ2) is 3.78. The molecule has 0 saturated carbocycles. The van der Waals surface area contributed by atoms with Crippen molar-refractivity contribution in [3.63, 3.8) is 0 Å². The van der Waals surface area contributed by atoms with Crippen molar-refractivity contribution >= 4 is 0 Å². The Morgan fingerprint density at radius 2 is 2.00 bits per heavy atom. The van der Waals surface area contributed by atoms with Crippen molar-refractivity contribution < 1.29 is 17.9 Å². The summed E-state index contributed by atoms with van der Waals surface area (Å²) < 4.78 is 39.6. The standard InChI is InChI=1S/C5H10F3NO/c1-9-4(3-10-2)5(6,7)8/h4,9H,3H2,1-2H3. The van der Waals surface area contributed by atoms with Crippen LogP contribution in [0.2, 0.25) is 0 Å². The lowest BCUT2D eigenvalue weighted by molar-refractivity contribution is -0.164. The van der Waals surface area contributed by atoms with Crippen molar-refractivity contribution in [2.24, 2.45) is 0 Å². The van der Waals surface area contributed by atoms with Crippen LogP contribution in [0.3, 0.4) is 0 Å². The van der Waals surface area contributed by atoms with Crippen molar-refractivity contribution in [1.29, 1.82) is 0 Å². The second-order valence-electron chi connectivity index (χ2n) is 1.84. The summed E-state index contributed by atoms with van der Waals surface area (Å²) in [5.41, 5.74) is 0. The predicted molar refractivity (Wildman–Crippen MR) is 30.8 cm³/mol. The number of halogens is 3. The van der Waals surface area contributed by atoms with Crippen LogP contribution in [0.15, 0.2) is 0 Å². The lowest BCUT2D eigenvalue weighted by Crippen LogP contribution is -2.43. The lowest BCUT2D eigenvalue weighted by Gasteiger charge is -2.17. The molecule has 0 aromatic rings. The Morgan fingerprint density at radius 1 is 1.50 bits per heavy atom. The van der Waals surface area contributed by atoms with Gasteiger partial charge in [0.05, 0.1) is 6.61 Å². The van der Waals surface area contributed by atoms with E-state index in [0.29, 0.717) is 0 Å². The zero-order valence-corrected chi connectivity index (χ0v) is 5.83. The maximum atomic E-state index is 11.8. The molecule has 1 atom stereocenters. The van der Waals surface area contributed by atoms with Gasteiger partial charge in [0.25, 0.3) is 0 Å².